The number of nitrogens with one attached hydrogen (secondary N) is 1. The van der Waals surface area contributed by atoms with Gasteiger partial charge in [0.25, 0.3) is 5.89 Å². The van der Waals surface area contributed by atoms with Crippen molar-refractivity contribution in [3.05, 3.63) is 71.3 Å². The maximum atomic E-state index is 13.5. The molecular formula is C18H16FN3O2. The molecule has 5 nitrogen and oxygen atoms in total. The van der Waals surface area contributed by atoms with E-state index in [4.69, 9.17) is 4.52 Å². The molecular weight excluding hydrogens is 309 g/mol. The van der Waals surface area contributed by atoms with Crippen LogP contribution in [0.15, 0.2) is 53.1 Å². The van der Waals surface area contributed by atoms with Gasteiger partial charge in [0.1, 0.15) is 5.82 Å². The van der Waals surface area contributed by atoms with Crippen LogP contribution in [0.3, 0.4) is 0 Å². The van der Waals surface area contributed by atoms with Crippen molar-refractivity contribution in [3.63, 3.8) is 0 Å². The number of carbonyl (C=O) groups is 1. The van der Waals surface area contributed by atoms with Gasteiger partial charge in [-0.1, -0.05) is 41.1 Å². The lowest BCUT2D eigenvalue weighted by molar-refractivity contribution is -0.120. The number of rotatable bonds is 5. The molecule has 1 N–H and O–H groups in total. The molecule has 122 valence electrons. The van der Waals surface area contributed by atoms with Gasteiger partial charge in [-0.15, -0.1) is 0 Å². The van der Waals surface area contributed by atoms with Crippen LogP contribution in [-0.2, 0) is 17.8 Å². The first-order valence-electron chi connectivity index (χ1n) is 7.51. The molecule has 0 unspecified atom stereocenters. The van der Waals surface area contributed by atoms with E-state index in [2.05, 4.69) is 15.5 Å². The van der Waals surface area contributed by atoms with Gasteiger partial charge in [-0.05, 0) is 30.7 Å². The SMILES string of the molecule is Cc1cccc(-c2nc(CNC(=O)Cc3ccccc3F)no2)c1. The Hall–Kier alpha value is -3.02. The fourth-order valence-electron chi connectivity index (χ4n) is 2.28. The number of aryl methyl sites for hydroxylation is 1. The molecule has 0 saturated carbocycles. The van der Waals surface area contributed by atoms with E-state index in [1.54, 1.807) is 18.2 Å². The molecule has 1 aromatic heterocycles. The van der Waals surface area contributed by atoms with E-state index in [0.29, 0.717) is 17.3 Å². The number of halogens is 1. The lowest BCUT2D eigenvalue weighted by Crippen LogP contribution is -2.25. The number of nitrogens with zero attached hydrogens (tertiary/aromatic N) is 2. The summed E-state index contributed by atoms with van der Waals surface area (Å²) in [6.45, 7) is 2.10. The second-order valence-corrected chi connectivity index (χ2v) is 5.43. The van der Waals surface area contributed by atoms with Crippen LogP contribution in [0, 0.1) is 12.7 Å². The Morgan fingerprint density at radius 2 is 2.04 bits per heavy atom. The number of aromatic nitrogens is 2. The standard InChI is InChI=1S/C18H16FN3O2/c1-12-5-4-7-14(9-12)18-21-16(22-24-18)11-20-17(23)10-13-6-2-3-8-15(13)19/h2-9H,10-11H2,1H3,(H,20,23). The lowest BCUT2D eigenvalue weighted by Gasteiger charge is -2.03. The number of benzene rings is 2. The Bertz CT molecular complexity index is 861. The molecule has 1 amide bonds. The predicted molar refractivity (Wildman–Crippen MR) is 86.4 cm³/mol. The molecule has 3 aromatic rings. The highest BCUT2D eigenvalue weighted by Crippen LogP contribution is 2.18. The molecule has 0 radical (unpaired) electrons. The molecule has 2 aromatic carbocycles. The third kappa shape index (κ3) is 3.84. The summed E-state index contributed by atoms with van der Waals surface area (Å²) < 4.78 is 18.7. The molecule has 24 heavy (non-hydrogen) atoms. The lowest BCUT2D eigenvalue weighted by atomic mass is 10.1. The summed E-state index contributed by atoms with van der Waals surface area (Å²) in [5, 5.41) is 6.50. The molecule has 0 spiro atoms. The van der Waals surface area contributed by atoms with Crippen LogP contribution in [-0.4, -0.2) is 16.0 Å². The van der Waals surface area contributed by atoms with Crippen molar-refractivity contribution < 1.29 is 13.7 Å². The van der Waals surface area contributed by atoms with Crippen molar-refractivity contribution in [2.75, 3.05) is 0 Å². The first-order valence-corrected chi connectivity index (χ1v) is 7.51. The van der Waals surface area contributed by atoms with Gasteiger partial charge in [0.05, 0.1) is 13.0 Å². The fraction of sp³-hybridized carbons (Fsp3) is 0.167. The molecule has 3 rings (SSSR count). The van der Waals surface area contributed by atoms with Gasteiger partial charge in [0.2, 0.25) is 5.91 Å². The second kappa shape index (κ2) is 7.04. The molecule has 0 fully saturated rings. The molecule has 1 heterocycles. The van der Waals surface area contributed by atoms with Crippen molar-refractivity contribution in [1.29, 1.82) is 0 Å². The molecule has 0 aliphatic heterocycles. The average Bonchev–Trinajstić information content (AvgIpc) is 3.04. The summed E-state index contributed by atoms with van der Waals surface area (Å²) in [5.41, 5.74) is 2.26. The van der Waals surface area contributed by atoms with Crippen molar-refractivity contribution in [2.24, 2.45) is 0 Å². The Labute approximate surface area is 138 Å². The van der Waals surface area contributed by atoms with Gasteiger partial charge in [-0.2, -0.15) is 4.98 Å². The molecule has 6 heteroatoms. The number of hydrogen-bond acceptors (Lipinski definition) is 4. The van der Waals surface area contributed by atoms with Crippen LogP contribution >= 0.6 is 0 Å². The van der Waals surface area contributed by atoms with E-state index in [0.717, 1.165) is 11.1 Å². The van der Waals surface area contributed by atoms with Crippen LogP contribution in [0.5, 0.6) is 0 Å². The smallest absolute Gasteiger partial charge is 0.257 e. The van der Waals surface area contributed by atoms with Gasteiger partial charge in [0, 0.05) is 5.56 Å². The minimum Gasteiger partial charge on any atom is -0.348 e. The van der Waals surface area contributed by atoms with Crippen LogP contribution < -0.4 is 5.32 Å². The van der Waals surface area contributed by atoms with Crippen molar-refractivity contribution in [1.82, 2.24) is 15.5 Å². The second-order valence-electron chi connectivity index (χ2n) is 5.43. The summed E-state index contributed by atoms with van der Waals surface area (Å²) in [6.07, 6.45) is -0.0325. The van der Waals surface area contributed by atoms with E-state index in [1.165, 1.54) is 6.07 Å². The van der Waals surface area contributed by atoms with Gasteiger partial charge in [-0.3, -0.25) is 4.79 Å². The Morgan fingerprint density at radius 3 is 2.83 bits per heavy atom. The first kappa shape index (κ1) is 15.9. The Balaban J connectivity index is 1.59. The molecule has 0 aliphatic carbocycles. The third-order valence-corrected chi connectivity index (χ3v) is 3.49. The summed E-state index contributed by atoms with van der Waals surface area (Å²) in [5.74, 6) is 0.0707. The van der Waals surface area contributed by atoms with Gasteiger partial charge in [0.15, 0.2) is 5.82 Å². The molecule has 0 atom stereocenters. The minimum atomic E-state index is -0.394. The van der Waals surface area contributed by atoms with Crippen LogP contribution in [0.1, 0.15) is 17.0 Å². The first-order chi connectivity index (χ1) is 11.6. The van der Waals surface area contributed by atoms with E-state index in [-0.39, 0.29) is 18.9 Å². The highest BCUT2D eigenvalue weighted by atomic mass is 19.1. The van der Waals surface area contributed by atoms with E-state index in [1.807, 2.05) is 31.2 Å². The van der Waals surface area contributed by atoms with Crippen LogP contribution in [0.2, 0.25) is 0 Å². The topological polar surface area (TPSA) is 68.0 Å². The summed E-state index contributed by atoms with van der Waals surface area (Å²) in [6, 6.07) is 13.9. The zero-order valence-electron chi connectivity index (χ0n) is 13.1. The maximum Gasteiger partial charge on any atom is 0.257 e. The number of carbonyl (C=O) groups excluding carboxylic acids is 1. The maximum absolute atomic E-state index is 13.5. The average molecular weight is 325 g/mol. The highest BCUT2D eigenvalue weighted by molar-refractivity contribution is 5.78. The summed E-state index contributed by atoms with van der Waals surface area (Å²) in [4.78, 5) is 16.1. The normalized spacial score (nSPS) is 10.6. The Kier molecular flexibility index (Phi) is 4.65. The van der Waals surface area contributed by atoms with E-state index in [9.17, 15) is 9.18 Å². The van der Waals surface area contributed by atoms with Gasteiger partial charge < -0.3 is 9.84 Å². The zero-order chi connectivity index (χ0) is 16.9. The van der Waals surface area contributed by atoms with Gasteiger partial charge in [-0.25, -0.2) is 4.39 Å². The zero-order valence-corrected chi connectivity index (χ0v) is 13.1. The van der Waals surface area contributed by atoms with Crippen LogP contribution in [0.4, 0.5) is 4.39 Å². The summed E-state index contributed by atoms with van der Waals surface area (Å²) >= 11 is 0. The Morgan fingerprint density at radius 1 is 1.21 bits per heavy atom. The van der Waals surface area contributed by atoms with Crippen molar-refractivity contribution >= 4 is 5.91 Å². The fourth-order valence-corrected chi connectivity index (χ4v) is 2.28. The van der Waals surface area contributed by atoms with Crippen molar-refractivity contribution in [3.8, 4) is 11.5 Å². The summed E-state index contributed by atoms with van der Waals surface area (Å²) in [7, 11) is 0. The molecule has 0 saturated heterocycles. The monoisotopic (exact) mass is 325 g/mol. The van der Waals surface area contributed by atoms with E-state index >= 15 is 0 Å². The molecule has 0 bridgehead atoms. The quantitative estimate of drug-likeness (QED) is 0.783. The van der Waals surface area contributed by atoms with Crippen molar-refractivity contribution in [2.45, 2.75) is 19.9 Å². The van der Waals surface area contributed by atoms with E-state index < -0.39 is 5.82 Å². The number of amides is 1. The highest BCUT2D eigenvalue weighted by Gasteiger charge is 2.11. The number of hydrogen-bond donors (Lipinski definition) is 1. The minimum absolute atomic E-state index is 0.0325. The molecule has 0 aliphatic rings. The largest absolute Gasteiger partial charge is 0.348 e. The van der Waals surface area contributed by atoms with Gasteiger partial charge >= 0.3 is 0 Å². The predicted octanol–water partition coefficient (Wildman–Crippen LogP) is 3.04. The third-order valence-electron chi connectivity index (χ3n) is 3.49. The van der Waals surface area contributed by atoms with Crippen LogP contribution in [0.25, 0.3) is 11.5 Å².